The number of halogens is 3. The van der Waals surface area contributed by atoms with Crippen molar-refractivity contribution in [1.82, 2.24) is 5.43 Å². The zero-order chi connectivity index (χ0) is 15.2. The molecule has 1 unspecified atom stereocenters. The second-order valence-electron chi connectivity index (χ2n) is 4.58. The summed E-state index contributed by atoms with van der Waals surface area (Å²) < 4.78 is 14.8. The van der Waals surface area contributed by atoms with Crippen LogP contribution >= 0.6 is 43.6 Å². The number of thioether (sulfide) groups is 1. The van der Waals surface area contributed by atoms with Crippen LogP contribution in [-0.4, -0.2) is 11.8 Å². The number of rotatable bonds is 6. The molecule has 0 aliphatic heterocycles. The SMILES string of the molecule is NNC(CSc1ccc(Br)cc1)Cc1ccc(F)c(Br)c1. The van der Waals surface area contributed by atoms with Gasteiger partial charge in [-0.1, -0.05) is 22.0 Å². The zero-order valence-electron chi connectivity index (χ0n) is 11.2. The standard InChI is InChI=1S/C15H15Br2FN2S/c16-11-2-4-13(5-3-11)21-9-12(20-19)7-10-1-6-15(18)14(17)8-10/h1-6,8,12,20H,7,9,19H2. The molecule has 2 nitrogen and oxygen atoms in total. The lowest BCUT2D eigenvalue weighted by molar-refractivity contribution is 0.573. The van der Waals surface area contributed by atoms with Gasteiger partial charge in [0.1, 0.15) is 5.82 Å². The number of benzene rings is 2. The van der Waals surface area contributed by atoms with Crippen molar-refractivity contribution in [3.8, 4) is 0 Å². The lowest BCUT2D eigenvalue weighted by atomic mass is 10.1. The average Bonchev–Trinajstić information content (AvgIpc) is 2.49. The molecule has 0 radical (unpaired) electrons. The van der Waals surface area contributed by atoms with Crippen LogP contribution in [-0.2, 0) is 6.42 Å². The first-order chi connectivity index (χ1) is 10.1. The van der Waals surface area contributed by atoms with E-state index in [1.54, 1.807) is 23.9 Å². The Labute approximate surface area is 144 Å². The molecule has 21 heavy (non-hydrogen) atoms. The van der Waals surface area contributed by atoms with Gasteiger partial charge in [0, 0.05) is 21.2 Å². The third-order valence-electron chi connectivity index (χ3n) is 2.97. The first kappa shape index (κ1) is 17.0. The molecular weight excluding hydrogens is 419 g/mol. The Kier molecular flexibility index (Phi) is 6.70. The third kappa shape index (κ3) is 5.38. The van der Waals surface area contributed by atoms with Gasteiger partial charge < -0.3 is 0 Å². The number of hydrogen-bond donors (Lipinski definition) is 2. The van der Waals surface area contributed by atoms with Crippen molar-refractivity contribution in [1.29, 1.82) is 0 Å². The van der Waals surface area contributed by atoms with Gasteiger partial charge in [0.25, 0.3) is 0 Å². The molecule has 2 aromatic rings. The van der Waals surface area contributed by atoms with E-state index >= 15 is 0 Å². The molecule has 0 aliphatic carbocycles. The van der Waals surface area contributed by atoms with Gasteiger partial charge in [0.15, 0.2) is 0 Å². The van der Waals surface area contributed by atoms with Crippen LogP contribution in [0.3, 0.4) is 0 Å². The summed E-state index contributed by atoms with van der Waals surface area (Å²) in [6.45, 7) is 0. The van der Waals surface area contributed by atoms with Crippen LogP contribution in [0.1, 0.15) is 5.56 Å². The summed E-state index contributed by atoms with van der Waals surface area (Å²) in [6.07, 6.45) is 0.749. The third-order valence-corrected chi connectivity index (χ3v) is 5.28. The van der Waals surface area contributed by atoms with E-state index in [1.807, 2.05) is 12.1 Å². The van der Waals surface area contributed by atoms with Crippen LogP contribution in [0.5, 0.6) is 0 Å². The molecule has 6 heteroatoms. The topological polar surface area (TPSA) is 38.0 Å². The quantitative estimate of drug-likeness (QED) is 0.399. The first-order valence-electron chi connectivity index (χ1n) is 6.37. The zero-order valence-corrected chi connectivity index (χ0v) is 15.1. The molecule has 2 rings (SSSR count). The maximum atomic E-state index is 13.2. The molecule has 112 valence electrons. The second-order valence-corrected chi connectivity index (χ2v) is 7.44. The Hall–Kier alpha value is -0.400. The van der Waals surface area contributed by atoms with Crippen LogP contribution in [0.25, 0.3) is 0 Å². The predicted octanol–water partition coefficient (Wildman–Crippen LogP) is 4.52. The Balaban J connectivity index is 1.93. The van der Waals surface area contributed by atoms with E-state index in [1.165, 1.54) is 11.0 Å². The van der Waals surface area contributed by atoms with Crippen molar-refractivity contribution < 1.29 is 4.39 Å². The highest BCUT2D eigenvalue weighted by Crippen LogP contribution is 2.23. The van der Waals surface area contributed by atoms with E-state index in [9.17, 15) is 4.39 Å². The normalized spacial score (nSPS) is 12.4. The van der Waals surface area contributed by atoms with E-state index in [0.29, 0.717) is 4.47 Å². The number of hydrazine groups is 1. The highest BCUT2D eigenvalue weighted by molar-refractivity contribution is 9.10. The Bertz CT molecular complexity index is 593. The van der Waals surface area contributed by atoms with Crippen molar-refractivity contribution in [3.05, 3.63) is 62.8 Å². The molecule has 0 spiro atoms. The summed E-state index contributed by atoms with van der Waals surface area (Å²) >= 11 is 8.36. The highest BCUT2D eigenvalue weighted by Gasteiger charge is 2.10. The molecule has 2 aromatic carbocycles. The fourth-order valence-electron chi connectivity index (χ4n) is 1.84. The Morgan fingerprint density at radius 1 is 1.14 bits per heavy atom. The first-order valence-corrected chi connectivity index (χ1v) is 8.94. The molecule has 0 heterocycles. The van der Waals surface area contributed by atoms with Crippen molar-refractivity contribution in [2.45, 2.75) is 17.4 Å². The largest absolute Gasteiger partial charge is 0.271 e. The lowest BCUT2D eigenvalue weighted by Crippen LogP contribution is -2.38. The van der Waals surface area contributed by atoms with Crippen molar-refractivity contribution in [2.75, 3.05) is 5.75 Å². The van der Waals surface area contributed by atoms with Crippen molar-refractivity contribution >= 4 is 43.6 Å². The summed E-state index contributed by atoms with van der Waals surface area (Å²) in [5, 5.41) is 0. The Morgan fingerprint density at radius 3 is 2.48 bits per heavy atom. The summed E-state index contributed by atoms with van der Waals surface area (Å²) in [4.78, 5) is 1.19. The maximum absolute atomic E-state index is 13.2. The van der Waals surface area contributed by atoms with Gasteiger partial charge in [-0.3, -0.25) is 11.3 Å². The minimum Gasteiger partial charge on any atom is -0.271 e. The number of nitrogens with two attached hydrogens (primary N) is 1. The van der Waals surface area contributed by atoms with Gasteiger partial charge in [0.2, 0.25) is 0 Å². The molecule has 0 saturated heterocycles. The van der Waals surface area contributed by atoms with E-state index in [4.69, 9.17) is 5.84 Å². The minimum absolute atomic E-state index is 0.121. The molecule has 0 bridgehead atoms. The van der Waals surface area contributed by atoms with Gasteiger partial charge in [-0.05, 0) is 64.3 Å². The lowest BCUT2D eigenvalue weighted by Gasteiger charge is -2.16. The fraction of sp³-hybridized carbons (Fsp3) is 0.200. The summed E-state index contributed by atoms with van der Waals surface area (Å²) in [5.41, 5.74) is 3.87. The van der Waals surface area contributed by atoms with Gasteiger partial charge >= 0.3 is 0 Å². The van der Waals surface area contributed by atoms with Crippen LogP contribution in [0.4, 0.5) is 4.39 Å². The molecule has 0 aromatic heterocycles. The monoisotopic (exact) mass is 432 g/mol. The van der Waals surface area contributed by atoms with Crippen molar-refractivity contribution in [2.24, 2.45) is 5.84 Å². The maximum Gasteiger partial charge on any atom is 0.137 e. The molecule has 0 saturated carbocycles. The smallest absolute Gasteiger partial charge is 0.137 e. The van der Waals surface area contributed by atoms with Crippen LogP contribution < -0.4 is 11.3 Å². The van der Waals surface area contributed by atoms with Gasteiger partial charge in [-0.15, -0.1) is 11.8 Å². The number of hydrogen-bond acceptors (Lipinski definition) is 3. The second kappa shape index (κ2) is 8.29. The molecule has 0 amide bonds. The van der Waals surface area contributed by atoms with Crippen LogP contribution in [0, 0.1) is 5.82 Å². The van der Waals surface area contributed by atoms with Crippen molar-refractivity contribution in [3.63, 3.8) is 0 Å². The van der Waals surface area contributed by atoms with Crippen LogP contribution in [0.2, 0.25) is 0 Å². The molecule has 0 aliphatic rings. The predicted molar refractivity (Wildman–Crippen MR) is 93.8 cm³/mol. The summed E-state index contributed by atoms with van der Waals surface area (Å²) in [5.74, 6) is 6.21. The summed E-state index contributed by atoms with van der Waals surface area (Å²) in [7, 11) is 0. The van der Waals surface area contributed by atoms with Gasteiger partial charge in [-0.2, -0.15) is 0 Å². The van der Waals surface area contributed by atoms with Gasteiger partial charge in [0.05, 0.1) is 4.47 Å². The van der Waals surface area contributed by atoms with E-state index in [-0.39, 0.29) is 11.9 Å². The van der Waals surface area contributed by atoms with E-state index < -0.39 is 0 Å². The highest BCUT2D eigenvalue weighted by atomic mass is 79.9. The molecule has 1 atom stereocenters. The molecule has 3 N–H and O–H groups in total. The number of nitrogens with one attached hydrogen (secondary N) is 1. The summed E-state index contributed by atoms with van der Waals surface area (Å²) in [6, 6.07) is 13.3. The van der Waals surface area contributed by atoms with Gasteiger partial charge in [-0.25, -0.2) is 4.39 Å². The van der Waals surface area contributed by atoms with E-state index in [0.717, 1.165) is 22.2 Å². The fourth-order valence-corrected chi connectivity index (χ4v) is 3.47. The van der Waals surface area contributed by atoms with Crippen LogP contribution in [0.15, 0.2) is 56.3 Å². The molecule has 0 fully saturated rings. The van der Waals surface area contributed by atoms with E-state index in [2.05, 4.69) is 49.4 Å². The molecular formula is C15H15Br2FN2S. The average molecular weight is 434 g/mol. The Morgan fingerprint density at radius 2 is 1.86 bits per heavy atom. The minimum atomic E-state index is -0.250.